The molecule has 0 fully saturated rings. The Bertz CT molecular complexity index is 1160. The van der Waals surface area contributed by atoms with Gasteiger partial charge in [0.2, 0.25) is 0 Å². The molecular formula is C25H26N2O7. The molecule has 178 valence electrons. The number of anilines is 1. The van der Waals surface area contributed by atoms with E-state index in [4.69, 9.17) is 14.2 Å². The molecule has 0 spiro atoms. The zero-order valence-electron chi connectivity index (χ0n) is 19.0. The van der Waals surface area contributed by atoms with Gasteiger partial charge in [-0.25, -0.2) is 9.59 Å². The molecule has 0 saturated carbocycles. The quantitative estimate of drug-likeness (QED) is 0.345. The molecule has 0 aliphatic heterocycles. The van der Waals surface area contributed by atoms with Gasteiger partial charge in [0, 0.05) is 29.2 Å². The highest BCUT2D eigenvalue weighted by Crippen LogP contribution is 2.20. The first-order chi connectivity index (χ1) is 16.4. The Kier molecular flexibility index (Phi) is 8.39. The molecule has 3 aromatic rings. The minimum Gasteiger partial charge on any atom is -0.462 e. The van der Waals surface area contributed by atoms with Crippen LogP contribution in [0.4, 0.5) is 5.69 Å². The first-order valence-corrected chi connectivity index (χ1v) is 10.9. The molecule has 34 heavy (non-hydrogen) atoms. The van der Waals surface area contributed by atoms with E-state index in [1.54, 1.807) is 13.8 Å². The molecule has 1 amide bonds. The van der Waals surface area contributed by atoms with Gasteiger partial charge >= 0.3 is 17.9 Å². The second kappa shape index (κ2) is 11.6. The van der Waals surface area contributed by atoms with Crippen LogP contribution in [0, 0.1) is 0 Å². The molecule has 0 radical (unpaired) electrons. The van der Waals surface area contributed by atoms with E-state index < -0.39 is 30.4 Å². The lowest BCUT2D eigenvalue weighted by Gasteiger charge is -2.11. The van der Waals surface area contributed by atoms with Crippen LogP contribution in [-0.4, -0.2) is 48.6 Å². The summed E-state index contributed by atoms with van der Waals surface area (Å²) in [4.78, 5) is 51.8. The van der Waals surface area contributed by atoms with Gasteiger partial charge in [0.25, 0.3) is 5.91 Å². The number of amides is 1. The van der Waals surface area contributed by atoms with Crippen LogP contribution < -0.4 is 5.32 Å². The molecule has 0 saturated heterocycles. The van der Waals surface area contributed by atoms with Crippen LogP contribution in [0.3, 0.4) is 0 Å². The SMILES string of the molecule is CCOC(=O)c1cc(NC(=O)COC(=O)CCc2c[nH]c3ccccc23)cc(C(=O)OCC)c1. The van der Waals surface area contributed by atoms with Crippen molar-refractivity contribution in [2.75, 3.05) is 25.1 Å². The predicted octanol–water partition coefficient (Wildman–Crippen LogP) is 3.64. The number of aromatic amines is 1. The summed E-state index contributed by atoms with van der Waals surface area (Å²) in [5.41, 5.74) is 2.31. The number of fused-ring (bicyclic) bond motifs is 1. The molecule has 0 aliphatic rings. The van der Waals surface area contributed by atoms with Gasteiger partial charge in [0.05, 0.1) is 24.3 Å². The third kappa shape index (κ3) is 6.44. The van der Waals surface area contributed by atoms with Gasteiger partial charge in [-0.1, -0.05) is 18.2 Å². The van der Waals surface area contributed by atoms with E-state index in [9.17, 15) is 19.2 Å². The van der Waals surface area contributed by atoms with E-state index in [1.165, 1.54) is 18.2 Å². The zero-order chi connectivity index (χ0) is 24.5. The molecule has 3 rings (SSSR count). The van der Waals surface area contributed by atoms with Crippen molar-refractivity contribution in [3.8, 4) is 0 Å². The van der Waals surface area contributed by atoms with Gasteiger partial charge in [-0.2, -0.15) is 0 Å². The average molecular weight is 466 g/mol. The van der Waals surface area contributed by atoms with Crippen LogP contribution >= 0.6 is 0 Å². The molecule has 9 heteroatoms. The lowest BCUT2D eigenvalue weighted by molar-refractivity contribution is -0.147. The van der Waals surface area contributed by atoms with Crippen molar-refractivity contribution in [2.24, 2.45) is 0 Å². The van der Waals surface area contributed by atoms with Gasteiger partial charge in [0.1, 0.15) is 0 Å². The summed E-state index contributed by atoms with van der Waals surface area (Å²) in [5, 5.41) is 3.56. The summed E-state index contributed by atoms with van der Waals surface area (Å²) < 4.78 is 15.0. The van der Waals surface area contributed by atoms with E-state index in [-0.39, 0.29) is 36.4 Å². The first kappa shape index (κ1) is 24.5. The highest BCUT2D eigenvalue weighted by Gasteiger charge is 2.16. The topological polar surface area (TPSA) is 124 Å². The van der Waals surface area contributed by atoms with Crippen LogP contribution in [0.1, 0.15) is 46.5 Å². The Hall–Kier alpha value is -4.14. The van der Waals surface area contributed by atoms with Crippen molar-refractivity contribution < 1.29 is 33.4 Å². The number of hydrogen-bond donors (Lipinski definition) is 2. The lowest BCUT2D eigenvalue weighted by Crippen LogP contribution is -2.21. The summed E-state index contributed by atoms with van der Waals surface area (Å²) in [6.07, 6.45) is 2.43. The minimum absolute atomic E-state index is 0.0819. The van der Waals surface area contributed by atoms with Crippen molar-refractivity contribution in [3.63, 3.8) is 0 Å². The number of carbonyl (C=O) groups is 4. The first-order valence-electron chi connectivity index (χ1n) is 10.9. The summed E-state index contributed by atoms with van der Waals surface area (Å²) in [7, 11) is 0. The number of esters is 3. The maximum Gasteiger partial charge on any atom is 0.338 e. The van der Waals surface area contributed by atoms with Crippen LogP contribution in [0.25, 0.3) is 10.9 Å². The Morgan fingerprint density at radius 1 is 0.882 bits per heavy atom. The van der Waals surface area contributed by atoms with Gasteiger partial charge < -0.3 is 24.5 Å². The fourth-order valence-electron chi connectivity index (χ4n) is 3.35. The number of carbonyl (C=O) groups excluding carboxylic acids is 4. The van der Waals surface area contributed by atoms with Crippen molar-refractivity contribution >= 4 is 40.4 Å². The van der Waals surface area contributed by atoms with Crippen molar-refractivity contribution in [1.82, 2.24) is 4.98 Å². The number of benzene rings is 2. The molecule has 0 aliphatic carbocycles. The van der Waals surface area contributed by atoms with Gasteiger partial charge in [-0.05, 0) is 50.1 Å². The fourth-order valence-corrected chi connectivity index (χ4v) is 3.35. The number of H-pyrrole nitrogens is 1. The minimum atomic E-state index is -0.646. The lowest BCUT2D eigenvalue weighted by atomic mass is 10.1. The largest absolute Gasteiger partial charge is 0.462 e. The van der Waals surface area contributed by atoms with E-state index >= 15 is 0 Å². The Morgan fingerprint density at radius 3 is 2.18 bits per heavy atom. The molecule has 9 nitrogen and oxygen atoms in total. The third-order valence-electron chi connectivity index (χ3n) is 4.88. The van der Waals surface area contributed by atoms with Crippen LogP contribution in [0.2, 0.25) is 0 Å². The van der Waals surface area contributed by atoms with Gasteiger partial charge in [-0.3, -0.25) is 9.59 Å². The van der Waals surface area contributed by atoms with E-state index in [2.05, 4.69) is 10.3 Å². The van der Waals surface area contributed by atoms with Crippen LogP contribution in [0.5, 0.6) is 0 Å². The van der Waals surface area contributed by atoms with Gasteiger partial charge in [0.15, 0.2) is 6.61 Å². The van der Waals surface area contributed by atoms with E-state index in [0.717, 1.165) is 16.5 Å². The monoisotopic (exact) mass is 466 g/mol. The Balaban J connectivity index is 1.58. The number of nitrogens with one attached hydrogen (secondary N) is 2. The van der Waals surface area contributed by atoms with Crippen LogP contribution in [-0.2, 0) is 30.2 Å². The smallest absolute Gasteiger partial charge is 0.338 e. The molecule has 2 N–H and O–H groups in total. The molecule has 0 unspecified atom stereocenters. The standard InChI is InChI=1S/C25H26N2O7/c1-3-32-24(30)17-11-18(25(31)33-4-2)13-19(12-17)27-22(28)15-34-23(29)10-9-16-14-26-21-8-6-5-7-20(16)21/h5-8,11-14,26H,3-4,9-10,15H2,1-2H3,(H,27,28). The fraction of sp³-hybridized carbons (Fsp3) is 0.280. The van der Waals surface area contributed by atoms with Crippen molar-refractivity contribution in [1.29, 1.82) is 0 Å². The van der Waals surface area contributed by atoms with Crippen molar-refractivity contribution in [3.05, 3.63) is 65.4 Å². The summed E-state index contributed by atoms with van der Waals surface area (Å²) in [6, 6.07) is 11.8. The maximum absolute atomic E-state index is 12.3. The molecular weight excluding hydrogens is 440 g/mol. The average Bonchev–Trinajstić information content (AvgIpc) is 3.24. The number of ether oxygens (including phenoxy) is 3. The van der Waals surface area contributed by atoms with Gasteiger partial charge in [-0.15, -0.1) is 0 Å². The second-order valence-corrected chi connectivity index (χ2v) is 7.31. The maximum atomic E-state index is 12.3. The normalized spacial score (nSPS) is 10.5. The number of aromatic nitrogens is 1. The van der Waals surface area contributed by atoms with Crippen LogP contribution in [0.15, 0.2) is 48.7 Å². The molecule has 1 heterocycles. The van der Waals surface area contributed by atoms with Crippen molar-refractivity contribution in [2.45, 2.75) is 26.7 Å². The number of rotatable bonds is 10. The summed E-state index contributed by atoms with van der Waals surface area (Å²) in [5.74, 6) is -2.43. The highest BCUT2D eigenvalue weighted by atomic mass is 16.5. The molecule has 0 bridgehead atoms. The molecule has 0 atom stereocenters. The summed E-state index contributed by atoms with van der Waals surface area (Å²) >= 11 is 0. The second-order valence-electron chi connectivity index (χ2n) is 7.31. The number of para-hydroxylation sites is 1. The molecule has 1 aromatic heterocycles. The Labute approximate surface area is 196 Å². The van der Waals surface area contributed by atoms with E-state index in [1.807, 2.05) is 30.5 Å². The third-order valence-corrected chi connectivity index (χ3v) is 4.88. The van der Waals surface area contributed by atoms with E-state index in [0.29, 0.717) is 6.42 Å². The number of aryl methyl sites for hydroxylation is 1. The number of hydrogen-bond acceptors (Lipinski definition) is 7. The Morgan fingerprint density at radius 2 is 1.53 bits per heavy atom. The molecule has 2 aromatic carbocycles. The zero-order valence-corrected chi connectivity index (χ0v) is 19.0. The highest BCUT2D eigenvalue weighted by molar-refractivity contribution is 6.00. The predicted molar refractivity (Wildman–Crippen MR) is 125 cm³/mol. The summed E-state index contributed by atoms with van der Waals surface area (Å²) in [6.45, 7) is 3.10.